The van der Waals surface area contributed by atoms with Gasteiger partial charge in [0.1, 0.15) is 5.75 Å². The summed E-state index contributed by atoms with van der Waals surface area (Å²) < 4.78 is 5.92. The van der Waals surface area contributed by atoms with Gasteiger partial charge in [0.15, 0.2) is 0 Å². The molecule has 2 heteroatoms. The number of ether oxygens (including phenoxy) is 1. The second-order valence-corrected chi connectivity index (χ2v) is 3.96. The molecule has 1 aliphatic rings. The molecule has 2 rings (SSSR count). The Labute approximate surface area is 85.3 Å². The first kappa shape index (κ1) is 9.50. The van der Waals surface area contributed by atoms with Crippen LogP contribution < -0.4 is 4.74 Å². The van der Waals surface area contributed by atoms with Gasteiger partial charge in [0.05, 0.1) is 11.8 Å². The van der Waals surface area contributed by atoms with Gasteiger partial charge in [-0.05, 0) is 44.7 Å². The molecule has 76 valence electrons. The second kappa shape index (κ2) is 4.45. The van der Waals surface area contributed by atoms with E-state index < -0.39 is 0 Å². The van der Waals surface area contributed by atoms with Crippen molar-refractivity contribution in [1.29, 1.82) is 0 Å². The lowest BCUT2D eigenvalue weighted by atomic mass is 9.98. The van der Waals surface area contributed by atoms with Crippen LogP contribution in [0, 0.1) is 6.92 Å². The molecule has 0 spiro atoms. The first-order valence-corrected chi connectivity index (χ1v) is 5.44. The molecule has 0 amide bonds. The summed E-state index contributed by atoms with van der Waals surface area (Å²) in [7, 11) is 0. The average Bonchev–Trinajstić information content (AvgIpc) is 2.23. The lowest BCUT2D eigenvalue weighted by Crippen LogP contribution is -2.20. The van der Waals surface area contributed by atoms with Crippen LogP contribution in [0.4, 0.5) is 0 Å². The fourth-order valence-corrected chi connectivity index (χ4v) is 1.96. The van der Waals surface area contributed by atoms with E-state index in [0.717, 1.165) is 11.4 Å². The largest absolute Gasteiger partial charge is 0.489 e. The Kier molecular flexibility index (Phi) is 3.02. The maximum atomic E-state index is 5.92. The number of pyridine rings is 1. The Bertz CT molecular complexity index is 292. The number of hydrogen-bond donors (Lipinski definition) is 0. The summed E-state index contributed by atoms with van der Waals surface area (Å²) in [4.78, 5) is 4.22. The minimum atomic E-state index is 0.423. The Balaban J connectivity index is 1.99. The molecule has 1 aliphatic carbocycles. The molecule has 0 unspecified atom stereocenters. The van der Waals surface area contributed by atoms with Crippen LogP contribution in [0.1, 0.15) is 37.8 Å². The van der Waals surface area contributed by atoms with Crippen LogP contribution in [-0.2, 0) is 0 Å². The van der Waals surface area contributed by atoms with Crippen LogP contribution in [0.3, 0.4) is 0 Å². The van der Waals surface area contributed by atoms with E-state index in [9.17, 15) is 0 Å². The molecule has 1 aromatic heterocycles. The van der Waals surface area contributed by atoms with E-state index in [4.69, 9.17) is 4.74 Å². The van der Waals surface area contributed by atoms with Crippen molar-refractivity contribution in [3.8, 4) is 5.75 Å². The SMILES string of the molecule is Cc1ncccc1OC1CCCCC1. The summed E-state index contributed by atoms with van der Waals surface area (Å²) in [6.45, 7) is 2.00. The predicted molar refractivity (Wildman–Crippen MR) is 56.5 cm³/mol. The van der Waals surface area contributed by atoms with Gasteiger partial charge in [-0.15, -0.1) is 0 Å². The minimum absolute atomic E-state index is 0.423. The predicted octanol–water partition coefficient (Wildman–Crippen LogP) is 3.10. The molecule has 0 aromatic carbocycles. The zero-order chi connectivity index (χ0) is 9.80. The van der Waals surface area contributed by atoms with Crippen molar-refractivity contribution in [1.82, 2.24) is 4.98 Å². The average molecular weight is 191 g/mol. The van der Waals surface area contributed by atoms with Gasteiger partial charge in [0.25, 0.3) is 0 Å². The Hall–Kier alpha value is -1.05. The molecule has 0 N–H and O–H groups in total. The number of hydrogen-bond acceptors (Lipinski definition) is 2. The first-order valence-electron chi connectivity index (χ1n) is 5.44. The monoisotopic (exact) mass is 191 g/mol. The van der Waals surface area contributed by atoms with Gasteiger partial charge in [-0.2, -0.15) is 0 Å². The molecule has 0 bridgehead atoms. The fourth-order valence-electron chi connectivity index (χ4n) is 1.96. The molecule has 2 nitrogen and oxygen atoms in total. The van der Waals surface area contributed by atoms with Crippen LogP contribution in [0.2, 0.25) is 0 Å². The molecular formula is C12H17NO. The van der Waals surface area contributed by atoms with Crippen LogP contribution >= 0.6 is 0 Å². The number of aromatic nitrogens is 1. The van der Waals surface area contributed by atoms with Gasteiger partial charge in [-0.3, -0.25) is 4.98 Å². The number of rotatable bonds is 2. The highest BCUT2D eigenvalue weighted by Crippen LogP contribution is 2.24. The Morgan fingerprint density at radius 1 is 1.29 bits per heavy atom. The summed E-state index contributed by atoms with van der Waals surface area (Å²) in [6.07, 6.45) is 8.62. The summed E-state index contributed by atoms with van der Waals surface area (Å²) in [5, 5.41) is 0. The normalized spacial score (nSPS) is 18.1. The molecular weight excluding hydrogens is 174 g/mol. The Morgan fingerprint density at radius 3 is 2.79 bits per heavy atom. The van der Waals surface area contributed by atoms with E-state index in [2.05, 4.69) is 4.98 Å². The summed E-state index contributed by atoms with van der Waals surface area (Å²) in [5.41, 5.74) is 0.998. The zero-order valence-electron chi connectivity index (χ0n) is 8.70. The van der Waals surface area contributed by atoms with E-state index in [0.29, 0.717) is 6.10 Å². The highest BCUT2D eigenvalue weighted by atomic mass is 16.5. The lowest BCUT2D eigenvalue weighted by molar-refractivity contribution is 0.153. The quantitative estimate of drug-likeness (QED) is 0.716. The Morgan fingerprint density at radius 2 is 2.07 bits per heavy atom. The van der Waals surface area contributed by atoms with E-state index in [-0.39, 0.29) is 0 Å². The van der Waals surface area contributed by atoms with Crippen molar-refractivity contribution >= 4 is 0 Å². The zero-order valence-corrected chi connectivity index (χ0v) is 8.70. The molecule has 0 atom stereocenters. The molecule has 1 fully saturated rings. The van der Waals surface area contributed by atoms with Gasteiger partial charge in [-0.1, -0.05) is 6.42 Å². The molecule has 14 heavy (non-hydrogen) atoms. The van der Waals surface area contributed by atoms with E-state index in [1.165, 1.54) is 32.1 Å². The molecule has 0 aliphatic heterocycles. The highest BCUT2D eigenvalue weighted by Gasteiger charge is 2.15. The van der Waals surface area contributed by atoms with Crippen molar-refractivity contribution in [2.24, 2.45) is 0 Å². The third-order valence-electron chi connectivity index (χ3n) is 2.80. The second-order valence-electron chi connectivity index (χ2n) is 3.96. The number of nitrogens with zero attached hydrogens (tertiary/aromatic N) is 1. The molecule has 1 saturated carbocycles. The molecule has 0 radical (unpaired) electrons. The number of aryl methyl sites for hydroxylation is 1. The van der Waals surface area contributed by atoms with Crippen LogP contribution in [-0.4, -0.2) is 11.1 Å². The first-order chi connectivity index (χ1) is 6.86. The topological polar surface area (TPSA) is 22.1 Å². The lowest BCUT2D eigenvalue weighted by Gasteiger charge is -2.23. The third kappa shape index (κ3) is 2.25. The van der Waals surface area contributed by atoms with Gasteiger partial charge in [0.2, 0.25) is 0 Å². The van der Waals surface area contributed by atoms with Gasteiger partial charge in [-0.25, -0.2) is 0 Å². The van der Waals surface area contributed by atoms with Crippen molar-refractivity contribution in [2.75, 3.05) is 0 Å². The van der Waals surface area contributed by atoms with Crippen molar-refractivity contribution in [3.63, 3.8) is 0 Å². The van der Waals surface area contributed by atoms with Gasteiger partial charge >= 0.3 is 0 Å². The molecule has 1 heterocycles. The smallest absolute Gasteiger partial charge is 0.140 e. The summed E-state index contributed by atoms with van der Waals surface area (Å²) >= 11 is 0. The molecule has 1 aromatic rings. The van der Waals surface area contributed by atoms with Crippen LogP contribution in [0.15, 0.2) is 18.3 Å². The van der Waals surface area contributed by atoms with Crippen molar-refractivity contribution in [2.45, 2.75) is 45.1 Å². The fraction of sp³-hybridized carbons (Fsp3) is 0.583. The standard InChI is InChI=1S/C12H17NO/c1-10-12(8-5-9-13-10)14-11-6-3-2-4-7-11/h5,8-9,11H,2-4,6-7H2,1H3. The maximum Gasteiger partial charge on any atom is 0.140 e. The van der Waals surface area contributed by atoms with Crippen LogP contribution in [0.5, 0.6) is 5.75 Å². The highest BCUT2D eigenvalue weighted by molar-refractivity contribution is 5.25. The maximum absolute atomic E-state index is 5.92. The minimum Gasteiger partial charge on any atom is -0.489 e. The molecule has 0 saturated heterocycles. The summed E-state index contributed by atoms with van der Waals surface area (Å²) in [6, 6.07) is 3.95. The third-order valence-corrected chi connectivity index (χ3v) is 2.80. The van der Waals surface area contributed by atoms with Gasteiger partial charge in [0, 0.05) is 6.20 Å². The van der Waals surface area contributed by atoms with Crippen molar-refractivity contribution in [3.05, 3.63) is 24.0 Å². The van der Waals surface area contributed by atoms with E-state index in [1.54, 1.807) is 0 Å². The van der Waals surface area contributed by atoms with Crippen molar-refractivity contribution < 1.29 is 4.74 Å². The summed E-state index contributed by atoms with van der Waals surface area (Å²) in [5.74, 6) is 0.958. The van der Waals surface area contributed by atoms with Gasteiger partial charge < -0.3 is 4.74 Å². The van der Waals surface area contributed by atoms with Crippen LogP contribution in [0.25, 0.3) is 0 Å². The van der Waals surface area contributed by atoms with E-state index in [1.807, 2.05) is 25.3 Å². The van der Waals surface area contributed by atoms with E-state index >= 15 is 0 Å².